The summed E-state index contributed by atoms with van der Waals surface area (Å²) in [5, 5.41) is 20.4. The molecule has 2 aromatic heterocycles. The second-order valence-electron chi connectivity index (χ2n) is 15.3. The van der Waals surface area contributed by atoms with Gasteiger partial charge in [0, 0.05) is 98.7 Å². The van der Waals surface area contributed by atoms with Gasteiger partial charge in [0.05, 0.1) is 28.6 Å². The number of benzene rings is 4. The molecule has 8 rings (SSSR count). The first-order valence-electron chi connectivity index (χ1n) is 20.3. The minimum atomic E-state index is -0.913. The number of nitrogens with one attached hydrogen (secondary N) is 2. The quantitative estimate of drug-likeness (QED) is 0.0792. The highest BCUT2D eigenvalue weighted by molar-refractivity contribution is 5.94. The lowest BCUT2D eigenvalue weighted by Gasteiger charge is -2.36. The van der Waals surface area contributed by atoms with Crippen molar-refractivity contribution in [3.05, 3.63) is 131 Å². The van der Waals surface area contributed by atoms with Crippen molar-refractivity contribution in [2.45, 2.75) is 38.5 Å². The number of H-pyrrole nitrogens is 2. The number of carboxylic acid groups (broad SMARTS) is 1. The van der Waals surface area contributed by atoms with Gasteiger partial charge in [0.2, 0.25) is 0 Å². The van der Waals surface area contributed by atoms with Gasteiger partial charge in [0.15, 0.2) is 0 Å². The number of unbranched alkanes of at least 4 members (excludes halogenated alkanes) is 2. The summed E-state index contributed by atoms with van der Waals surface area (Å²) in [5.41, 5.74) is 6.38. The lowest BCUT2D eigenvalue weighted by molar-refractivity contribution is 0.0697. The molecule has 13 heteroatoms. The Kier molecular flexibility index (Phi) is 13.5. The number of aromatic amines is 2. The van der Waals surface area contributed by atoms with E-state index in [0.717, 1.165) is 143 Å². The van der Waals surface area contributed by atoms with Gasteiger partial charge in [-0.2, -0.15) is 5.26 Å². The van der Waals surface area contributed by atoms with E-state index >= 15 is 0 Å². The number of piperazine rings is 2. The van der Waals surface area contributed by atoms with E-state index in [9.17, 15) is 27.5 Å². The molecule has 9 nitrogen and oxygen atoms in total. The Morgan fingerprint density at radius 3 is 1.54 bits per heavy atom. The molecule has 0 aliphatic carbocycles. The van der Waals surface area contributed by atoms with Gasteiger partial charge in [0.1, 0.15) is 23.3 Å². The van der Waals surface area contributed by atoms with E-state index in [1.54, 1.807) is 12.1 Å². The number of hydrogen-bond acceptors (Lipinski definition) is 6. The number of aromatic nitrogens is 2. The summed E-state index contributed by atoms with van der Waals surface area (Å²) >= 11 is 0. The Labute approximate surface area is 341 Å². The topological polar surface area (TPSA) is 106 Å². The van der Waals surface area contributed by atoms with Crippen LogP contribution >= 0.6 is 0 Å². The van der Waals surface area contributed by atoms with E-state index in [4.69, 9.17) is 5.26 Å². The Morgan fingerprint density at radius 1 is 0.610 bits per heavy atom. The van der Waals surface area contributed by atoms with Crippen molar-refractivity contribution < 1.29 is 27.5 Å². The van der Waals surface area contributed by atoms with Crippen molar-refractivity contribution in [1.29, 1.82) is 5.26 Å². The summed E-state index contributed by atoms with van der Waals surface area (Å²) in [6.07, 6.45) is 10.1. The van der Waals surface area contributed by atoms with E-state index in [0.29, 0.717) is 22.5 Å². The Hall–Kier alpha value is -5.84. The Morgan fingerprint density at radius 2 is 1.08 bits per heavy atom. The minimum Gasteiger partial charge on any atom is -0.478 e. The zero-order valence-corrected chi connectivity index (χ0v) is 33.0. The number of anilines is 2. The lowest BCUT2D eigenvalue weighted by Crippen LogP contribution is -2.46. The van der Waals surface area contributed by atoms with Gasteiger partial charge in [-0.15, -0.1) is 0 Å². The van der Waals surface area contributed by atoms with Crippen molar-refractivity contribution in [3.63, 3.8) is 0 Å². The molecule has 0 saturated carbocycles. The number of nitrogens with zero attached hydrogens (tertiary/aromatic N) is 5. The maximum absolute atomic E-state index is 14.0. The summed E-state index contributed by atoms with van der Waals surface area (Å²) in [6.45, 7) is 8.42. The molecule has 2 aliphatic heterocycles. The lowest BCUT2D eigenvalue weighted by atomic mass is 10.0. The van der Waals surface area contributed by atoms with Crippen molar-refractivity contribution in [1.82, 2.24) is 19.8 Å². The average molecular weight is 808 g/mol. The van der Waals surface area contributed by atoms with Crippen molar-refractivity contribution in [2.24, 2.45) is 0 Å². The summed E-state index contributed by atoms with van der Waals surface area (Å²) in [5.74, 6) is -3.00. The molecule has 59 heavy (non-hydrogen) atoms. The van der Waals surface area contributed by atoms with Gasteiger partial charge in [-0.3, -0.25) is 9.80 Å². The van der Waals surface area contributed by atoms with E-state index < -0.39 is 29.2 Å². The third kappa shape index (κ3) is 10.4. The average Bonchev–Trinajstić information content (AvgIpc) is 3.85. The molecular formula is C46H49F4N7O2. The number of carboxylic acids is 1. The van der Waals surface area contributed by atoms with Gasteiger partial charge in [0.25, 0.3) is 0 Å². The maximum atomic E-state index is 14.0. The van der Waals surface area contributed by atoms with Crippen LogP contribution in [0, 0.1) is 34.6 Å². The monoisotopic (exact) mass is 807 g/mol. The van der Waals surface area contributed by atoms with Gasteiger partial charge >= 0.3 is 5.97 Å². The molecule has 4 heterocycles. The standard InChI is InChI=1S/C23H24F2N4.C23H25F2N3O2/c24-19-5-7-23(21(25)14-19)29-11-9-28(10-12-29)8-2-1-3-18-16-27-22-6-4-17(15-26)13-20(18)22;24-18-5-7-22(20(25)14-18)28-11-9-27(10-12-28)8-2-1-3-17-15-26-21-6-4-16(23(29)30)13-19(17)21/h4-7,13-14,16,27H,1-3,8-12H2;4-7,13-15,26H,1-3,8-12H2,(H,29,30). The third-order valence-corrected chi connectivity index (χ3v) is 11.5. The smallest absolute Gasteiger partial charge is 0.335 e. The third-order valence-electron chi connectivity index (χ3n) is 11.5. The predicted molar refractivity (Wildman–Crippen MR) is 224 cm³/mol. The first-order chi connectivity index (χ1) is 28.6. The van der Waals surface area contributed by atoms with Crippen molar-refractivity contribution >= 4 is 39.1 Å². The van der Waals surface area contributed by atoms with Crippen molar-refractivity contribution in [3.8, 4) is 6.07 Å². The van der Waals surface area contributed by atoms with Gasteiger partial charge < -0.3 is 24.9 Å². The van der Waals surface area contributed by atoms with E-state index in [1.807, 2.05) is 46.5 Å². The first kappa shape index (κ1) is 41.3. The highest BCUT2D eigenvalue weighted by Gasteiger charge is 2.21. The predicted octanol–water partition coefficient (Wildman–Crippen LogP) is 8.75. The minimum absolute atomic E-state index is 0.304. The maximum Gasteiger partial charge on any atom is 0.335 e. The first-order valence-corrected chi connectivity index (χ1v) is 20.3. The number of rotatable bonds is 13. The molecular weight excluding hydrogens is 759 g/mol. The molecule has 0 bridgehead atoms. The largest absolute Gasteiger partial charge is 0.478 e. The molecule has 6 aromatic rings. The molecule has 0 radical (unpaired) electrons. The van der Waals surface area contributed by atoms with Gasteiger partial charge in [-0.05, 0) is 123 Å². The fourth-order valence-electron chi connectivity index (χ4n) is 8.18. The van der Waals surface area contributed by atoms with E-state index in [2.05, 4.69) is 25.8 Å². The van der Waals surface area contributed by atoms with Crippen LogP contribution in [-0.4, -0.2) is 96.3 Å². The fraction of sp³-hybridized carbons (Fsp3) is 0.348. The van der Waals surface area contributed by atoms with Crippen LogP contribution in [-0.2, 0) is 12.8 Å². The zero-order chi connectivity index (χ0) is 41.3. The molecule has 2 aliphatic rings. The number of hydrogen-bond donors (Lipinski definition) is 3. The molecule has 0 unspecified atom stereocenters. The number of fused-ring (bicyclic) bond motifs is 2. The second-order valence-corrected chi connectivity index (χ2v) is 15.3. The van der Waals surface area contributed by atoms with E-state index in [1.165, 1.54) is 29.8 Å². The number of aryl methyl sites for hydroxylation is 2. The van der Waals surface area contributed by atoms with Crippen LogP contribution in [0.5, 0.6) is 0 Å². The van der Waals surface area contributed by atoms with Crippen LogP contribution in [0.1, 0.15) is 52.7 Å². The van der Waals surface area contributed by atoms with Crippen LogP contribution in [0.25, 0.3) is 21.8 Å². The number of halogens is 4. The SMILES string of the molecule is N#Cc1ccc2[nH]cc(CCCCN3CCN(c4ccc(F)cc4F)CC3)c2c1.O=C(O)c1ccc2[nH]cc(CCCCN3CCN(c4ccc(F)cc4F)CC3)c2c1. The summed E-state index contributed by atoms with van der Waals surface area (Å²) < 4.78 is 54.1. The van der Waals surface area contributed by atoms with Crippen LogP contribution in [0.4, 0.5) is 28.9 Å². The molecule has 308 valence electrons. The highest BCUT2D eigenvalue weighted by atomic mass is 19.1. The molecule has 0 amide bonds. The van der Waals surface area contributed by atoms with Crippen LogP contribution in [0.3, 0.4) is 0 Å². The van der Waals surface area contributed by atoms with Gasteiger partial charge in [-0.1, -0.05) is 0 Å². The van der Waals surface area contributed by atoms with Crippen molar-refractivity contribution in [2.75, 3.05) is 75.2 Å². The Balaban J connectivity index is 0.000000179. The van der Waals surface area contributed by atoms with E-state index in [-0.39, 0.29) is 0 Å². The fourth-order valence-corrected chi connectivity index (χ4v) is 8.18. The molecule has 3 N–H and O–H groups in total. The number of carbonyl (C=O) groups is 1. The molecule has 0 atom stereocenters. The highest BCUT2D eigenvalue weighted by Crippen LogP contribution is 2.25. The molecule has 2 saturated heterocycles. The van der Waals surface area contributed by atoms with Crippen LogP contribution in [0.2, 0.25) is 0 Å². The molecule has 2 fully saturated rings. The normalized spacial score (nSPS) is 15.0. The summed E-state index contributed by atoms with van der Waals surface area (Å²) in [7, 11) is 0. The molecule has 0 spiro atoms. The van der Waals surface area contributed by atoms with Crippen LogP contribution in [0.15, 0.2) is 85.2 Å². The van der Waals surface area contributed by atoms with Gasteiger partial charge in [-0.25, -0.2) is 22.4 Å². The number of nitriles is 1. The van der Waals surface area contributed by atoms with Crippen LogP contribution < -0.4 is 9.80 Å². The molecule has 4 aromatic carbocycles. The Bertz CT molecular complexity index is 2410. The second kappa shape index (κ2) is 19.3. The zero-order valence-electron chi connectivity index (χ0n) is 33.0. The number of aromatic carboxylic acids is 1. The summed E-state index contributed by atoms with van der Waals surface area (Å²) in [4.78, 5) is 26.4. The summed E-state index contributed by atoms with van der Waals surface area (Å²) in [6, 6.07) is 20.6.